The van der Waals surface area contributed by atoms with Crippen LogP contribution >= 0.6 is 0 Å². The number of carboxylic acids is 1. The maximum Gasteiger partial charge on any atom is 0.374 e. The van der Waals surface area contributed by atoms with E-state index < -0.39 is 54.4 Å². The van der Waals surface area contributed by atoms with Crippen LogP contribution < -0.4 is 10.6 Å². The molecule has 3 N–H and O–H groups in total. The molecule has 2 rings (SSSR count). The van der Waals surface area contributed by atoms with Gasteiger partial charge in [0.05, 0.1) is 5.92 Å². The highest BCUT2D eigenvalue weighted by molar-refractivity contribution is 6.35. The van der Waals surface area contributed by atoms with Gasteiger partial charge in [-0.1, -0.05) is 74.5 Å². The lowest BCUT2D eigenvalue weighted by Crippen LogP contribution is -2.54. The maximum absolute atomic E-state index is 13.4. The fourth-order valence-corrected chi connectivity index (χ4v) is 3.70. The second kappa shape index (κ2) is 13.3. The zero-order valence-electron chi connectivity index (χ0n) is 19.6. The SMILES string of the molecule is CC(C)C[C@H](NC(=O)C(Cc1ccccc1)c1ccccc1)C(=O)N[C@@H](CC(F)F)C(=O)C(=O)O. The summed E-state index contributed by atoms with van der Waals surface area (Å²) in [6.45, 7) is 3.62. The predicted molar refractivity (Wildman–Crippen MR) is 126 cm³/mol. The first-order valence-electron chi connectivity index (χ1n) is 11.3. The second-order valence-electron chi connectivity index (χ2n) is 8.70. The van der Waals surface area contributed by atoms with Gasteiger partial charge in [0.1, 0.15) is 12.1 Å². The van der Waals surface area contributed by atoms with Crippen LogP contribution in [0.2, 0.25) is 0 Å². The third kappa shape index (κ3) is 8.92. The smallest absolute Gasteiger partial charge is 0.374 e. The molecule has 0 saturated heterocycles. The second-order valence-corrected chi connectivity index (χ2v) is 8.70. The number of halogens is 2. The Balaban J connectivity index is 2.27. The molecule has 188 valence electrons. The number of ketones is 1. The Morgan fingerprint density at radius 3 is 1.86 bits per heavy atom. The van der Waals surface area contributed by atoms with Crippen molar-refractivity contribution in [3.05, 3.63) is 71.8 Å². The Kier molecular flexibility index (Phi) is 10.5. The third-order valence-electron chi connectivity index (χ3n) is 5.40. The summed E-state index contributed by atoms with van der Waals surface area (Å²) in [4.78, 5) is 49.2. The first-order chi connectivity index (χ1) is 16.6. The van der Waals surface area contributed by atoms with E-state index in [0.717, 1.165) is 11.1 Å². The zero-order chi connectivity index (χ0) is 26.0. The molecule has 0 heterocycles. The van der Waals surface area contributed by atoms with Crippen molar-refractivity contribution in [3.8, 4) is 0 Å². The quantitative estimate of drug-likeness (QED) is 0.375. The van der Waals surface area contributed by atoms with Crippen LogP contribution in [-0.2, 0) is 25.6 Å². The van der Waals surface area contributed by atoms with Gasteiger partial charge in [-0.3, -0.25) is 14.4 Å². The lowest BCUT2D eigenvalue weighted by molar-refractivity contribution is -0.151. The Hall–Kier alpha value is -3.62. The maximum atomic E-state index is 13.4. The van der Waals surface area contributed by atoms with Crippen molar-refractivity contribution in [2.75, 3.05) is 0 Å². The highest BCUT2D eigenvalue weighted by atomic mass is 19.3. The Morgan fingerprint density at radius 2 is 1.34 bits per heavy atom. The van der Waals surface area contributed by atoms with Gasteiger partial charge < -0.3 is 15.7 Å². The number of alkyl halides is 2. The number of nitrogens with one attached hydrogen (secondary N) is 2. The Bertz CT molecular complexity index is 999. The number of aliphatic carboxylic acids is 1. The molecule has 0 aromatic heterocycles. The molecule has 0 radical (unpaired) electrons. The van der Waals surface area contributed by atoms with Gasteiger partial charge in [-0.25, -0.2) is 13.6 Å². The number of carbonyl (C=O) groups excluding carboxylic acids is 3. The summed E-state index contributed by atoms with van der Waals surface area (Å²) < 4.78 is 25.8. The van der Waals surface area contributed by atoms with Crippen molar-refractivity contribution in [1.82, 2.24) is 10.6 Å². The minimum atomic E-state index is -3.00. The van der Waals surface area contributed by atoms with Gasteiger partial charge in [0, 0.05) is 6.42 Å². The topological polar surface area (TPSA) is 113 Å². The first kappa shape index (κ1) is 27.6. The van der Waals surface area contributed by atoms with Crippen molar-refractivity contribution in [1.29, 1.82) is 0 Å². The van der Waals surface area contributed by atoms with Crippen molar-refractivity contribution < 1.29 is 33.1 Å². The van der Waals surface area contributed by atoms with Crippen LogP contribution in [0.25, 0.3) is 0 Å². The van der Waals surface area contributed by atoms with Crippen molar-refractivity contribution >= 4 is 23.6 Å². The molecule has 2 aromatic carbocycles. The summed E-state index contributed by atoms with van der Waals surface area (Å²) in [5.74, 6) is -5.51. The van der Waals surface area contributed by atoms with Crippen LogP contribution in [0.1, 0.15) is 43.7 Å². The fraction of sp³-hybridized carbons (Fsp3) is 0.385. The summed E-state index contributed by atoms with van der Waals surface area (Å²) >= 11 is 0. The summed E-state index contributed by atoms with van der Waals surface area (Å²) in [6.07, 6.45) is -3.62. The van der Waals surface area contributed by atoms with Crippen molar-refractivity contribution in [2.45, 2.75) is 57.5 Å². The Labute approximate surface area is 202 Å². The molecule has 0 spiro atoms. The number of hydrogen-bond donors (Lipinski definition) is 3. The molecule has 2 aromatic rings. The number of carboxylic acid groups (broad SMARTS) is 1. The fourth-order valence-electron chi connectivity index (χ4n) is 3.70. The van der Waals surface area contributed by atoms with Crippen LogP contribution in [0.15, 0.2) is 60.7 Å². The summed E-state index contributed by atoms with van der Waals surface area (Å²) in [5.41, 5.74) is 1.64. The van der Waals surface area contributed by atoms with Gasteiger partial charge in [0.2, 0.25) is 18.2 Å². The molecular formula is C26H30F2N2O5. The predicted octanol–water partition coefficient (Wildman–Crippen LogP) is 3.34. The van der Waals surface area contributed by atoms with E-state index in [-0.39, 0.29) is 12.3 Å². The number of amides is 2. The first-order valence-corrected chi connectivity index (χ1v) is 11.3. The van der Waals surface area contributed by atoms with E-state index in [9.17, 15) is 28.0 Å². The monoisotopic (exact) mass is 488 g/mol. The van der Waals surface area contributed by atoms with Gasteiger partial charge >= 0.3 is 5.97 Å². The zero-order valence-corrected chi connectivity index (χ0v) is 19.6. The van der Waals surface area contributed by atoms with E-state index in [1.165, 1.54) is 0 Å². The van der Waals surface area contributed by atoms with Gasteiger partial charge in [-0.15, -0.1) is 0 Å². The largest absolute Gasteiger partial charge is 0.475 e. The number of benzene rings is 2. The summed E-state index contributed by atoms with van der Waals surface area (Å²) in [7, 11) is 0. The molecule has 3 atom stereocenters. The van der Waals surface area contributed by atoms with Crippen LogP contribution in [0.5, 0.6) is 0 Å². The lowest BCUT2D eigenvalue weighted by atomic mass is 9.90. The van der Waals surface area contributed by atoms with Gasteiger partial charge in [0.15, 0.2) is 0 Å². The van der Waals surface area contributed by atoms with E-state index in [1.807, 2.05) is 50.2 Å². The van der Waals surface area contributed by atoms with E-state index in [2.05, 4.69) is 10.6 Å². The highest BCUT2D eigenvalue weighted by Crippen LogP contribution is 2.22. The van der Waals surface area contributed by atoms with E-state index in [1.54, 1.807) is 24.3 Å². The number of hydrogen-bond acceptors (Lipinski definition) is 4. The molecule has 35 heavy (non-hydrogen) atoms. The molecule has 0 aliphatic heterocycles. The summed E-state index contributed by atoms with van der Waals surface area (Å²) in [5, 5.41) is 13.7. The average Bonchev–Trinajstić information content (AvgIpc) is 2.81. The molecule has 0 fully saturated rings. The minimum Gasteiger partial charge on any atom is -0.475 e. The van der Waals surface area contributed by atoms with Crippen molar-refractivity contribution in [3.63, 3.8) is 0 Å². The van der Waals surface area contributed by atoms with E-state index >= 15 is 0 Å². The van der Waals surface area contributed by atoms with Crippen LogP contribution in [0.3, 0.4) is 0 Å². The van der Waals surface area contributed by atoms with E-state index in [0.29, 0.717) is 6.42 Å². The van der Waals surface area contributed by atoms with Gasteiger partial charge in [0.25, 0.3) is 5.78 Å². The molecule has 0 aliphatic rings. The normalized spacial score (nSPS) is 13.7. The van der Waals surface area contributed by atoms with E-state index in [4.69, 9.17) is 5.11 Å². The van der Waals surface area contributed by atoms with Crippen LogP contribution in [0.4, 0.5) is 8.78 Å². The molecular weight excluding hydrogens is 458 g/mol. The third-order valence-corrected chi connectivity index (χ3v) is 5.40. The molecule has 2 amide bonds. The lowest BCUT2D eigenvalue weighted by Gasteiger charge is -2.25. The molecule has 9 heteroatoms. The van der Waals surface area contributed by atoms with Crippen molar-refractivity contribution in [2.24, 2.45) is 5.92 Å². The molecule has 0 aliphatic carbocycles. The average molecular weight is 489 g/mol. The van der Waals surface area contributed by atoms with Gasteiger partial charge in [-0.2, -0.15) is 0 Å². The van der Waals surface area contributed by atoms with Crippen LogP contribution in [-0.4, -0.2) is 47.2 Å². The highest BCUT2D eigenvalue weighted by Gasteiger charge is 2.33. The minimum absolute atomic E-state index is 0.0703. The molecule has 0 bridgehead atoms. The number of rotatable bonds is 13. The van der Waals surface area contributed by atoms with Gasteiger partial charge in [-0.05, 0) is 29.9 Å². The van der Waals surface area contributed by atoms with Crippen LogP contribution in [0, 0.1) is 5.92 Å². The molecule has 0 saturated carbocycles. The number of carbonyl (C=O) groups is 4. The molecule has 1 unspecified atom stereocenters. The summed E-state index contributed by atoms with van der Waals surface area (Å²) in [6, 6.07) is 15.3. The number of Topliss-reactive ketones (excluding diaryl/α,β-unsaturated/α-hetero) is 1. The Morgan fingerprint density at radius 1 is 0.800 bits per heavy atom. The standard InChI is InChI=1S/C26H30F2N2O5/c1-16(2)13-21(25(33)29-20(15-22(27)28)23(31)26(34)35)30-24(32)19(18-11-7-4-8-12-18)14-17-9-5-3-6-10-17/h3-12,16,19-22H,13-15H2,1-2H3,(H,29,33)(H,30,32)(H,34,35)/t19?,20-,21-/m0/s1. The molecule has 7 nitrogen and oxygen atoms in total.